The molecule has 3 N–H and O–H groups in total. The topological polar surface area (TPSA) is 272 Å². The maximum absolute atomic E-state index is 12.0. The summed E-state index contributed by atoms with van der Waals surface area (Å²) in [6, 6.07) is 32.7. The highest BCUT2D eigenvalue weighted by Crippen LogP contribution is 2.37. The van der Waals surface area contributed by atoms with E-state index in [1.165, 1.54) is 12.1 Å². The van der Waals surface area contributed by atoms with E-state index in [4.69, 9.17) is 0 Å². The van der Waals surface area contributed by atoms with Crippen LogP contribution in [0.15, 0.2) is 128 Å². The molecule has 6 aromatic carbocycles. The summed E-state index contributed by atoms with van der Waals surface area (Å²) in [6.07, 6.45) is 3.27. The number of nitro benzene ring substituents is 1. The molecule has 430 valence electrons. The zero-order chi connectivity index (χ0) is 59.6. The maximum atomic E-state index is 12.0. The number of carboxylic acid groups (broad SMARTS) is 3. The number of nitro groups is 1. The van der Waals surface area contributed by atoms with Crippen LogP contribution in [-0.4, -0.2) is 94.4 Å². The molecule has 0 unspecified atom stereocenters. The molecule has 0 radical (unpaired) electrons. The minimum absolute atomic E-state index is 0.0636. The second-order valence-electron chi connectivity index (χ2n) is 21.3. The molecule has 3 aromatic heterocycles. The van der Waals surface area contributed by atoms with Gasteiger partial charge in [0.25, 0.3) is 5.69 Å². The molecule has 12 rings (SSSR count). The first kappa shape index (κ1) is 58.3. The number of halogens is 1. The number of non-ortho nitro benzene ring substituents is 1. The largest absolute Gasteiger partial charge is 0.480 e. The van der Waals surface area contributed by atoms with Gasteiger partial charge in [0, 0.05) is 66.4 Å². The van der Waals surface area contributed by atoms with Crippen molar-refractivity contribution in [1.82, 2.24) is 13.7 Å². The molecule has 6 heterocycles. The van der Waals surface area contributed by atoms with Gasteiger partial charge in [-0.2, -0.15) is 0 Å². The van der Waals surface area contributed by atoms with Crippen molar-refractivity contribution in [1.29, 1.82) is 0 Å². The fourth-order valence-corrected chi connectivity index (χ4v) is 16.9. The fraction of sp³-hybridized carbons (Fsp3) is 0.262. The molecule has 9 aromatic rings. The first-order chi connectivity index (χ1) is 39.2. The summed E-state index contributed by atoms with van der Waals surface area (Å²) in [5, 5.41) is 41.7. The monoisotopic (exact) mass is 1240 g/mol. The zero-order valence-corrected chi connectivity index (χ0v) is 49.6. The lowest BCUT2D eigenvalue weighted by atomic mass is 9.99. The smallest absolute Gasteiger partial charge is 0.323 e. The van der Waals surface area contributed by atoms with Gasteiger partial charge in [0.15, 0.2) is 29.5 Å². The molecule has 3 aliphatic rings. The lowest BCUT2D eigenvalue weighted by Gasteiger charge is -2.07. The van der Waals surface area contributed by atoms with Gasteiger partial charge in [0.2, 0.25) is 0 Å². The number of fused-ring (bicyclic) bond motifs is 6. The second kappa shape index (κ2) is 22.3. The molecule has 18 nitrogen and oxygen atoms in total. The highest BCUT2D eigenvalue weighted by molar-refractivity contribution is 9.10. The fourth-order valence-electron chi connectivity index (χ4n) is 11.9. The van der Waals surface area contributed by atoms with E-state index in [0.717, 1.165) is 99.0 Å². The Morgan fingerprint density at radius 3 is 1.25 bits per heavy atom. The van der Waals surface area contributed by atoms with Crippen molar-refractivity contribution >= 4 is 102 Å². The number of rotatable bonds is 13. The van der Waals surface area contributed by atoms with E-state index in [0.29, 0.717) is 64.1 Å². The van der Waals surface area contributed by atoms with E-state index in [-0.39, 0.29) is 42.6 Å². The van der Waals surface area contributed by atoms with Gasteiger partial charge < -0.3 is 29.0 Å². The Balaban J connectivity index is 0.000000139. The van der Waals surface area contributed by atoms with Crippen molar-refractivity contribution in [3.63, 3.8) is 0 Å². The summed E-state index contributed by atoms with van der Waals surface area (Å²) in [5.74, 6) is -2.29. The summed E-state index contributed by atoms with van der Waals surface area (Å²) in [5.41, 5.74) is 14.5. The Morgan fingerprint density at radius 1 is 0.482 bits per heavy atom. The standard InChI is InChI=1S/C21H21NO4S.C20H18BrNO4S.C20H18N2O6S/c1-13-3-5-17-18(14(2)22(12-21(23)24)19(17)9-13)11-15-4-6-20-16(10-15)7-8-27(20,25)26;1-12-16(9-13-2-5-19-14(8-13)6-7-27(19,25)26)17-10-15(21)3-4-18(17)22(12)11-20(23)24;1-12-16(9-13-2-5-19-14(8-13)6-7-29(19,27)28)17-10-15(22(25)26)3-4-18(17)21(12)11-20(23)24/h3-6,9-10H,7-8,11-12H2,1-2H3,(H,23,24);2-5,8,10H,6-7,9,11H2,1H3,(H,23,24);2-5,8,10H,6-7,9,11H2,1H3,(H,23,24). The zero-order valence-electron chi connectivity index (χ0n) is 45.6. The highest BCUT2D eigenvalue weighted by atomic mass is 79.9. The number of carbonyl (C=O) groups is 3. The number of aromatic nitrogens is 3. The molecule has 0 atom stereocenters. The Hall–Kier alpha value is -7.92. The van der Waals surface area contributed by atoms with Crippen LogP contribution in [0.1, 0.15) is 72.7 Å². The molecule has 0 spiro atoms. The molecule has 0 fully saturated rings. The number of hydrogen-bond donors (Lipinski definition) is 3. The number of aryl methyl sites for hydroxylation is 4. The van der Waals surface area contributed by atoms with E-state index < -0.39 is 52.3 Å². The third-order valence-electron chi connectivity index (χ3n) is 16.0. The van der Waals surface area contributed by atoms with Crippen LogP contribution in [0.2, 0.25) is 0 Å². The second-order valence-corrected chi connectivity index (χ2v) is 28.5. The van der Waals surface area contributed by atoms with Crippen molar-refractivity contribution in [2.75, 3.05) is 17.3 Å². The van der Waals surface area contributed by atoms with Crippen LogP contribution in [0.4, 0.5) is 5.69 Å². The molecule has 22 heteroatoms. The molecule has 3 aliphatic heterocycles. The Morgan fingerprint density at radius 2 is 0.855 bits per heavy atom. The lowest BCUT2D eigenvalue weighted by molar-refractivity contribution is -0.384. The molecule has 0 bridgehead atoms. The van der Waals surface area contributed by atoms with Crippen LogP contribution < -0.4 is 0 Å². The number of benzene rings is 6. The van der Waals surface area contributed by atoms with Gasteiger partial charge in [-0.3, -0.25) is 24.5 Å². The van der Waals surface area contributed by atoms with Gasteiger partial charge in [-0.15, -0.1) is 0 Å². The predicted octanol–water partition coefficient (Wildman–Crippen LogP) is 9.84. The van der Waals surface area contributed by atoms with Gasteiger partial charge in [0.05, 0.1) is 36.9 Å². The minimum Gasteiger partial charge on any atom is -0.480 e. The third-order valence-corrected chi connectivity index (χ3v) is 21.9. The first-order valence-corrected chi connectivity index (χ1v) is 32.3. The summed E-state index contributed by atoms with van der Waals surface area (Å²) in [4.78, 5) is 45.9. The van der Waals surface area contributed by atoms with E-state index in [1.807, 2.05) is 96.6 Å². The highest BCUT2D eigenvalue weighted by Gasteiger charge is 2.30. The molecular formula is C61H57BrN4O14S3. The van der Waals surface area contributed by atoms with Crippen molar-refractivity contribution in [2.45, 2.75) is 101 Å². The lowest BCUT2D eigenvalue weighted by Crippen LogP contribution is -2.10. The van der Waals surface area contributed by atoms with E-state index >= 15 is 0 Å². The Kier molecular flexibility index (Phi) is 15.7. The SMILES string of the molecule is Cc1c(Cc2ccc3c(c2)CCS3(=O)=O)c2cc(Br)ccc2n1CC(=O)O.Cc1c(Cc2ccc3c(c2)CCS3(=O)=O)c2cc([N+](=O)[O-])ccc2n1CC(=O)O.Cc1ccc2c(Cc3ccc4c(c3)CCS4(=O)=O)c(C)n(CC(=O)O)c2c1. The van der Waals surface area contributed by atoms with Gasteiger partial charge in [-0.05, 0) is 170 Å². The molecule has 0 saturated carbocycles. The van der Waals surface area contributed by atoms with Crippen LogP contribution in [0, 0.1) is 37.8 Å². The molecule has 0 aliphatic carbocycles. The van der Waals surface area contributed by atoms with Crippen molar-refractivity contribution in [2.24, 2.45) is 0 Å². The number of carboxylic acids is 3. The van der Waals surface area contributed by atoms with Gasteiger partial charge in [-0.1, -0.05) is 64.5 Å². The van der Waals surface area contributed by atoms with Crippen molar-refractivity contribution in [3.8, 4) is 0 Å². The van der Waals surface area contributed by atoms with Crippen LogP contribution >= 0.6 is 15.9 Å². The average molecular weight is 1250 g/mol. The van der Waals surface area contributed by atoms with Gasteiger partial charge >= 0.3 is 17.9 Å². The van der Waals surface area contributed by atoms with Crippen LogP contribution in [0.5, 0.6) is 0 Å². The summed E-state index contributed by atoms with van der Waals surface area (Å²) < 4.78 is 78.4. The molecular weight excluding hydrogens is 1190 g/mol. The average Bonchev–Trinajstić information content (AvgIpc) is 4.42. The maximum Gasteiger partial charge on any atom is 0.323 e. The third kappa shape index (κ3) is 11.6. The van der Waals surface area contributed by atoms with E-state index in [1.54, 1.807) is 41.8 Å². The normalized spacial score (nSPS) is 15.0. The van der Waals surface area contributed by atoms with Crippen LogP contribution in [0.25, 0.3) is 32.7 Å². The number of hydrogen-bond acceptors (Lipinski definition) is 11. The van der Waals surface area contributed by atoms with Crippen molar-refractivity contribution in [3.05, 3.63) is 196 Å². The van der Waals surface area contributed by atoms with E-state index in [9.17, 15) is 65.1 Å². The summed E-state index contributed by atoms with van der Waals surface area (Å²) >= 11 is 3.50. The van der Waals surface area contributed by atoms with Crippen LogP contribution in [-0.2, 0) is 102 Å². The number of aliphatic carboxylic acids is 3. The number of nitrogens with zero attached hydrogens (tertiary/aromatic N) is 4. The Labute approximate surface area is 486 Å². The Bertz CT molecular complexity index is 4600. The summed E-state index contributed by atoms with van der Waals surface area (Å²) in [7, 11) is -9.46. The van der Waals surface area contributed by atoms with Crippen molar-refractivity contribution < 1.29 is 59.9 Å². The minimum atomic E-state index is -3.21. The molecule has 83 heavy (non-hydrogen) atoms. The predicted molar refractivity (Wildman–Crippen MR) is 317 cm³/mol. The summed E-state index contributed by atoms with van der Waals surface area (Å²) in [6.45, 7) is 7.26. The van der Waals surface area contributed by atoms with E-state index in [2.05, 4.69) is 15.9 Å². The first-order valence-electron chi connectivity index (χ1n) is 26.5. The van der Waals surface area contributed by atoms with Gasteiger partial charge in [0.1, 0.15) is 19.6 Å². The van der Waals surface area contributed by atoms with Crippen LogP contribution in [0.3, 0.4) is 0 Å². The van der Waals surface area contributed by atoms with Gasteiger partial charge in [-0.25, -0.2) is 25.3 Å². The molecule has 0 amide bonds. The quantitative estimate of drug-likeness (QED) is 0.0716. The molecule has 0 saturated heterocycles. The number of sulfone groups is 3.